The number of aryl methyl sites for hydroxylation is 1. The minimum absolute atomic E-state index is 0.847. The molecule has 1 N–H and O–H groups in total. The first-order valence-corrected chi connectivity index (χ1v) is 4.37. The third-order valence-corrected chi connectivity index (χ3v) is 2.44. The van der Waals surface area contributed by atoms with Crippen LogP contribution in [-0.2, 0) is 11.3 Å². The number of aromatic nitrogens is 1. The zero-order valence-corrected chi connectivity index (χ0v) is 7.57. The van der Waals surface area contributed by atoms with Crippen molar-refractivity contribution in [2.24, 2.45) is 0 Å². The molecule has 62 valence electrons. The maximum atomic E-state index is 4.71. The Labute approximate surface area is 70.4 Å². The topological polar surface area (TPSA) is 34.1 Å². The van der Waals surface area contributed by atoms with Gasteiger partial charge in [-0.3, -0.25) is 0 Å². The molecule has 0 aliphatic rings. The second-order valence-electron chi connectivity index (χ2n) is 2.21. The molecule has 4 heteroatoms. The summed E-state index contributed by atoms with van der Waals surface area (Å²) in [6.07, 6.45) is 0.990. The number of hydrogen-bond donors (Lipinski definition) is 1. The smallest absolute Gasteiger partial charge is 0.0797 e. The molecule has 0 radical (unpaired) electrons. The normalized spacial score (nSPS) is 10.4. The zero-order chi connectivity index (χ0) is 8.10. The Bertz CT molecular complexity index is 212. The van der Waals surface area contributed by atoms with E-state index in [0.717, 1.165) is 18.7 Å². The summed E-state index contributed by atoms with van der Waals surface area (Å²) >= 11 is 1.69. The third kappa shape index (κ3) is 2.57. The van der Waals surface area contributed by atoms with Crippen molar-refractivity contribution in [3.63, 3.8) is 0 Å². The van der Waals surface area contributed by atoms with Crippen LogP contribution in [0.3, 0.4) is 0 Å². The van der Waals surface area contributed by atoms with Gasteiger partial charge in [-0.1, -0.05) is 0 Å². The highest BCUT2D eigenvalue weighted by molar-refractivity contribution is 7.09. The van der Waals surface area contributed by atoms with Gasteiger partial charge in [0.2, 0.25) is 0 Å². The van der Waals surface area contributed by atoms with Crippen molar-refractivity contribution in [1.82, 2.24) is 10.5 Å². The van der Waals surface area contributed by atoms with Gasteiger partial charge in [-0.05, 0) is 13.3 Å². The third-order valence-electron chi connectivity index (χ3n) is 1.44. The van der Waals surface area contributed by atoms with Gasteiger partial charge in [0.05, 0.1) is 18.3 Å². The summed E-state index contributed by atoms with van der Waals surface area (Å²) in [4.78, 5) is 10.2. The summed E-state index contributed by atoms with van der Waals surface area (Å²) in [5.74, 6) is 0. The number of rotatable bonds is 4. The fourth-order valence-electron chi connectivity index (χ4n) is 0.833. The van der Waals surface area contributed by atoms with E-state index in [1.54, 1.807) is 18.4 Å². The van der Waals surface area contributed by atoms with Crippen LogP contribution in [0.1, 0.15) is 10.6 Å². The first-order valence-electron chi connectivity index (χ1n) is 3.49. The standard InChI is InChI=1S/C7H12N2OS/c1-6-7(11-5-8-6)3-4-9-10-2/h5,9H,3-4H2,1-2H3. The van der Waals surface area contributed by atoms with E-state index in [2.05, 4.69) is 10.5 Å². The van der Waals surface area contributed by atoms with E-state index in [-0.39, 0.29) is 0 Å². The molecule has 11 heavy (non-hydrogen) atoms. The molecule has 1 rings (SSSR count). The molecule has 0 saturated carbocycles. The number of hydroxylamine groups is 1. The molecule has 0 aliphatic heterocycles. The molecule has 0 aromatic carbocycles. The summed E-state index contributed by atoms with van der Waals surface area (Å²) in [5.41, 5.74) is 5.80. The molecule has 0 spiro atoms. The minimum Gasteiger partial charge on any atom is -0.305 e. The van der Waals surface area contributed by atoms with Crippen LogP contribution in [0.4, 0.5) is 0 Å². The zero-order valence-electron chi connectivity index (χ0n) is 6.76. The van der Waals surface area contributed by atoms with Crippen LogP contribution in [0.15, 0.2) is 5.51 Å². The molecule has 1 aromatic rings. The van der Waals surface area contributed by atoms with Crippen LogP contribution in [0.2, 0.25) is 0 Å². The molecule has 0 fully saturated rings. The highest BCUT2D eigenvalue weighted by atomic mass is 32.1. The van der Waals surface area contributed by atoms with Crippen molar-refractivity contribution >= 4 is 11.3 Å². The fourth-order valence-corrected chi connectivity index (χ4v) is 1.61. The van der Waals surface area contributed by atoms with Crippen molar-refractivity contribution in [2.75, 3.05) is 13.7 Å². The number of hydrogen-bond acceptors (Lipinski definition) is 4. The highest BCUT2D eigenvalue weighted by Gasteiger charge is 1.99. The van der Waals surface area contributed by atoms with Crippen LogP contribution in [0.5, 0.6) is 0 Å². The molecule has 0 saturated heterocycles. The van der Waals surface area contributed by atoms with Gasteiger partial charge in [0.15, 0.2) is 0 Å². The Balaban J connectivity index is 2.32. The summed E-state index contributed by atoms with van der Waals surface area (Å²) in [6.45, 7) is 2.87. The van der Waals surface area contributed by atoms with Gasteiger partial charge in [-0.15, -0.1) is 11.3 Å². The highest BCUT2D eigenvalue weighted by Crippen LogP contribution is 2.11. The lowest BCUT2D eigenvalue weighted by molar-refractivity contribution is 0.0929. The fraction of sp³-hybridized carbons (Fsp3) is 0.571. The first kappa shape index (κ1) is 8.64. The van der Waals surface area contributed by atoms with Crippen molar-refractivity contribution < 1.29 is 4.84 Å². The van der Waals surface area contributed by atoms with Gasteiger partial charge in [-0.2, -0.15) is 0 Å². The molecule has 0 bridgehead atoms. The molecular weight excluding hydrogens is 160 g/mol. The Morgan fingerprint density at radius 2 is 2.55 bits per heavy atom. The molecule has 0 aliphatic carbocycles. The lowest BCUT2D eigenvalue weighted by Crippen LogP contribution is -2.14. The van der Waals surface area contributed by atoms with Crippen molar-refractivity contribution in [3.05, 3.63) is 16.1 Å². The average Bonchev–Trinajstić information content (AvgIpc) is 2.37. The first-order chi connectivity index (χ1) is 5.34. The van der Waals surface area contributed by atoms with Crippen LogP contribution < -0.4 is 5.48 Å². The van der Waals surface area contributed by atoms with Gasteiger partial charge in [0, 0.05) is 11.4 Å². The Kier molecular flexibility index (Phi) is 3.48. The lowest BCUT2D eigenvalue weighted by atomic mass is 10.3. The van der Waals surface area contributed by atoms with Crippen LogP contribution >= 0.6 is 11.3 Å². The maximum Gasteiger partial charge on any atom is 0.0797 e. The summed E-state index contributed by atoms with van der Waals surface area (Å²) in [6, 6.07) is 0. The van der Waals surface area contributed by atoms with Crippen LogP contribution in [0, 0.1) is 6.92 Å². The van der Waals surface area contributed by atoms with E-state index in [1.165, 1.54) is 4.88 Å². The molecule has 3 nitrogen and oxygen atoms in total. The molecule has 1 heterocycles. The van der Waals surface area contributed by atoms with E-state index >= 15 is 0 Å². The van der Waals surface area contributed by atoms with Crippen LogP contribution in [0.25, 0.3) is 0 Å². The van der Waals surface area contributed by atoms with Crippen molar-refractivity contribution in [3.8, 4) is 0 Å². The quantitative estimate of drug-likeness (QED) is 0.546. The van der Waals surface area contributed by atoms with Gasteiger partial charge in [-0.25, -0.2) is 10.5 Å². The second-order valence-corrected chi connectivity index (χ2v) is 3.15. The predicted octanol–water partition coefficient (Wildman–Crippen LogP) is 1.15. The lowest BCUT2D eigenvalue weighted by Gasteiger charge is -1.99. The summed E-state index contributed by atoms with van der Waals surface area (Å²) < 4.78 is 0. The Morgan fingerprint density at radius 1 is 1.73 bits per heavy atom. The van der Waals surface area contributed by atoms with E-state index in [4.69, 9.17) is 4.84 Å². The van der Waals surface area contributed by atoms with Gasteiger partial charge < -0.3 is 4.84 Å². The van der Waals surface area contributed by atoms with Gasteiger partial charge in [0.25, 0.3) is 0 Å². The summed E-state index contributed by atoms with van der Waals surface area (Å²) in [7, 11) is 1.62. The van der Waals surface area contributed by atoms with Crippen molar-refractivity contribution in [1.29, 1.82) is 0 Å². The number of nitrogens with one attached hydrogen (secondary N) is 1. The summed E-state index contributed by atoms with van der Waals surface area (Å²) in [5, 5.41) is 0. The van der Waals surface area contributed by atoms with E-state index in [9.17, 15) is 0 Å². The average molecular weight is 172 g/mol. The number of nitrogens with zero attached hydrogens (tertiary/aromatic N) is 1. The Morgan fingerprint density at radius 3 is 3.09 bits per heavy atom. The van der Waals surface area contributed by atoms with Gasteiger partial charge in [0.1, 0.15) is 0 Å². The molecular formula is C7H12N2OS. The minimum atomic E-state index is 0.847. The molecule has 0 unspecified atom stereocenters. The van der Waals surface area contributed by atoms with E-state index in [1.807, 2.05) is 12.4 Å². The molecule has 0 amide bonds. The Hall–Kier alpha value is -0.450. The molecule has 0 atom stereocenters. The predicted molar refractivity (Wildman–Crippen MR) is 45.6 cm³/mol. The monoisotopic (exact) mass is 172 g/mol. The van der Waals surface area contributed by atoms with E-state index in [0.29, 0.717) is 0 Å². The van der Waals surface area contributed by atoms with Crippen molar-refractivity contribution in [2.45, 2.75) is 13.3 Å². The van der Waals surface area contributed by atoms with E-state index < -0.39 is 0 Å². The molecule has 1 aromatic heterocycles. The number of thiazole rings is 1. The maximum absolute atomic E-state index is 4.71. The largest absolute Gasteiger partial charge is 0.305 e. The van der Waals surface area contributed by atoms with Gasteiger partial charge >= 0.3 is 0 Å². The second kappa shape index (κ2) is 4.43. The van der Waals surface area contributed by atoms with Crippen LogP contribution in [-0.4, -0.2) is 18.6 Å². The SMILES string of the molecule is CONCCc1scnc1C.